The first-order valence-electron chi connectivity index (χ1n) is 21.4. The Morgan fingerprint density at radius 2 is 0.909 bits per heavy atom. The number of aliphatic hydroxyl groups is 1. The van der Waals surface area contributed by atoms with Crippen molar-refractivity contribution in [3.05, 3.63) is 42.0 Å². The molecule has 1 aromatic carbocycles. The van der Waals surface area contributed by atoms with Crippen molar-refractivity contribution in [1.82, 2.24) is 10.6 Å². The summed E-state index contributed by atoms with van der Waals surface area (Å²) in [6.07, 6.45) is 0.172. The normalized spacial score (nSPS) is 11.9. The van der Waals surface area contributed by atoms with E-state index < -0.39 is 53.0 Å². The maximum atomic E-state index is 12.3. The van der Waals surface area contributed by atoms with Gasteiger partial charge < -0.3 is 38.3 Å². The molecule has 378 valence electrons. The molecule has 1 rings (SSSR count). The van der Waals surface area contributed by atoms with Gasteiger partial charge in [-0.1, -0.05) is 37.3 Å². The number of thiol groups is 6. The van der Waals surface area contributed by atoms with Crippen LogP contribution in [0.1, 0.15) is 83.8 Å². The molecule has 0 heterocycles. The monoisotopic (exact) mass is 1040 g/mol. The molecule has 0 fully saturated rings. The Labute approximate surface area is 423 Å². The highest BCUT2D eigenvalue weighted by Gasteiger charge is 2.41. The molecule has 66 heavy (non-hydrogen) atoms. The van der Waals surface area contributed by atoms with Crippen LogP contribution < -0.4 is 10.6 Å². The third-order valence-corrected chi connectivity index (χ3v) is 10.5. The molecule has 0 radical (unpaired) electrons. The Bertz CT molecular complexity index is 1440. The van der Waals surface area contributed by atoms with Crippen molar-refractivity contribution in [2.24, 2.45) is 10.8 Å². The standard InChI is InChI=1S/C28H46O13S6.C16H26N2O/c29-21(1-7-42)36-15-27(16-37-22(30)2-8-43,17-38-23(31)3-9-44)13-35-14-28(18-39-24(32)4-10-45,19-40-25(33)5-11-46)20-41-26(34)6-12-47;1-6-10-17-15(19)18-16(4,5)14-9-7-8-13(11-14)12(2)3/h42-47H,1-20H2;7-9,11,15,17-19H,2,6,10H2,1,3-5H3. The fourth-order valence-electron chi connectivity index (χ4n) is 5.30. The molecular formula is C44H72N2O14S6. The molecule has 0 spiro atoms. The minimum atomic E-state index is -1.41. The molecule has 0 saturated carbocycles. The summed E-state index contributed by atoms with van der Waals surface area (Å²) in [4.78, 5) is 73.8. The van der Waals surface area contributed by atoms with E-state index in [2.05, 4.69) is 126 Å². The van der Waals surface area contributed by atoms with Gasteiger partial charge in [0.15, 0.2) is 6.35 Å². The summed E-state index contributed by atoms with van der Waals surface area (Å²) in [5, 5.41) is 16.1. The van der Waals surface area contributed by atoms with Crippen molar-refractivity contribution in [3.8, 4) is 0 Å². The first-order chi connectivity index (χ1) is 31.3. The highest BCUT2D eigenvalue weighted by atomic mass is 32.1. The van der Waals surface area contributed by atoms with E-state index in [0.29, 0.717) is 0 Å². The topological polar surface area (TPSA) is 211 Å². The van der Waals surface area contributed by atoms with Crippen LogP contribution in [0.3, 0.4) is 0 Å². The Hall–Kier alpha value is -2.28. The lowest BCUT2D eigenvalue weighted by atomic mass is 9.90. The number of carbonyl (C=O) groups excluding carboxylic acids is 6. The molecule has 0 aromatic heterocycles. The summed E-state index contributed by atoms with van der Waals surface area (Å²) in [6.45, 7) is 9.92. The molecule has 3 N–H and O–H groups in total. The minimum Gasteiger partial charge on any atom is -0.465 e. The van der Waals surface area contributed by atoms with Crippen molar-refractivity contribution < 1.29 is 67.0 Å². The van der Waals surface area contributed by atoms with Crippen LogP contribution in [0.15, 0.2) is 30.8 Å². The van der Waals surface area contributed by atoms with Crippen LogP contribution in [0.2, 0.25) is 0 Å². The second-order valence-corrected chi connectivity index (χ2v) is 18.5. The van der Waals surface area contributed by atoms with Crippen LogP contribution in [0.5, 0.6) is 0 Å². The third kappa shape index (κ3) is 28.9. The number of allylic oxidation sites excluding steroid dienone is 1. The van der Waals surface area contributed by atoms with Crippen molar-refractivity contribution in [2.45, 2.75) is 84.5 Å². The summed E-state index contributed by atoms with van der Waals surface area (Å²) in [5.41, 5.74) is 0.164. The Morgan fingerprint density at radius 1 is 0.591 bits per heavy atom. The quantitative estimate of drug-likeness (QED) is 0.0190. The van der Waals surface area contributed by atoms with Crippen LogP contribution >= 0.6 is 75.8 Å². The summed E-state index contributed by atoms with van der Waals surface area (Å²) in [6, 6.07) is 8.25. The van der Waals surface area contributed by atoms with E-state index in [0.717, 1.165) is 29.7 Å². The fraction of sp³-hybridized carbons (Fsp3) is 0.682. The van der Waals surface area contributed by atoms with Crippen molar-refractivity contribution in [1.29, 1.82) is 0 Å². The molecule has 1 atom stereocenters. The number of carbonyl (C=O) groups is 6. The van der Waals surface area contributed by atoms with Crippen molar-refractivity contribution in [2.75, 3.05) is 93.9 Å². The molecule has 1 aromatic rings. The zero-order valence-corrected chi connectivity index (χ0v) is 44.0. The number of hydrogen-bond donors (Lipinski definition) is 9. The zero-order valence-electron chi connectivity index (χ0n) is 38.6. The number of hydrogen-bond acceptors (Lipinski definition) is 22. The maximum absolute atomic E-state index is 12.3. The molecule has 22 heteroatoms. The summed E-state index contributed by atoms with van der Waals surface area (Å²) in [5.74, 6) is -2.37. The van der Waals surface area contributed by atoms with Crippen LogP contribution in [0.4, 0.5) is 0 Å². The van der Waals surface area contributed by atoms with Gasteiger partial charge in [-0.3, -0.25) is 39.4 Å². The van der Waals surface area contributed by atoms with Crippen LogP contribution in [0, 0.1) is 10.8 Å². The largest absolute Gasteiger partial charge is 0.465 e. The Kier molecular flexibility index (Phi) is 35.4. The van der Waals surface area contributed by atoms with E-state index in [1.165, 1.54) is 0 Å². The second kappa shape index (κ2) is 36.7. The molecule has 1 unspecified atom stereocenters. The molecule has 0 amide bonds. The smallest absolute Gasteiger partial charge is 0.306 e. The minimum absolute atomic E-state index is 0.0189. The van der Waals surface area contributed by atoms with Crippen molar-refractivity contribution >= 4 is 117 Å². The number of nitrogens with one attached hydrogen (secondary N) is 2. The number of esters is 6. The summed E-state index contributed by atoms with van der Waals surface area (Å²) >= 11 is 24.2. The zero-order chi connectivity index (χ0) is 50.0. The molecule has 0 bridgehead atoms. The van der Waals surface area contributed by atoms with Crippen molar-refractivity contribution in [3.63, 3.8) is 0 Å². The Morgan fingerprint density at radius 3 is 1.18 bits per heavy atom. The lowest BCUT2D eigenvalue weighted by Gasteiger charge is -2.35. The summed E-state index contributed by atoms with van der Waals surface area (Å²) < 4.78 is 38.6. The SMILES string of the molecule is C=C(C)c1cccc(C(C)(C)NC(O)NCCC)c1.O=C(CCS)OCC(COCC(COC(=O)CCS)(COC(=O)CCS)COC(=O)CCS)(COC(=O)CCS)COC(=O)CCS. The molecule has 16 nitrogen and oxygen atoms in total. The van der Waals surface area contributed by atoms with Gasteiger partial charge in [0.2, 0.25) is 0 Å². The highest BCUT2D eigenvalue weighted by molar-refractivity contribution is 7.81. The van der Waals surface area contributed by atoms with Gasteiger partial charge in [-0.25, -0.2) is 0 Å². The van der Waals surface area contributed by atoms with Gasteiger partial charge in [0.1, 0.15) is 39.6 Å². The molecule has 0 aliphatic heterocycles. The maximum Gasteiger partial charge on any atom is 0.306 e. The molecule has 0 aliphatic rings. The first-order valence-corrected chi connectivity index (χ1v) is 25.2. The Balaban J connectivity index is 0.00000184. The average molecular weight is 1050 g/mol. The molecule has 0 aliphatic carbocycles. The van der Waals surface area contributed by atoms with Crippen LogP contribution in [-0.4, -0.2) is 141 Å². The lowest BCUT2D eigenvalue weighted by Crippen LogP contribution is -2.51. The highest BCUT2D eigenvalue weighted by Crippen LogP contribution is 2.27. The van der Waals surface area contributed by atoms with Gasteiger partial charge >= 0.3 is 35.8 Å². The fourth-order valence-corrected chi connectivity index (χ4v) is 6.39. The molecular weight excluding hydrogens is 973 g/mol. The predicted octanol–water partition coefficient (Wildman–Crippen LogP) is 4.97. The van der Waals surface area contributed by atoms with Gasteiger partial charge in [0.05, 0.1) is 62.6 Å². The third-order valence-electron chi connectivity index (χ3n) is 9.11. The van der Waals surface area contributed by atoms with Crippen LogP contribution in [-0.2, 0) is 67.5 Å². The summed E-state index contributed by atoms with van der Waals surface area (Å²) in [7, 11) is 0. The van der Waals surface area contributed by atoms with E-state index in [4.69, 9.17) is 33.2 Å². The van der Waals surface area contributed by atoms with Gasteiger partial charge in [-0.15, -0.1) is 0 Å². The van der Waals surface area contributed by atoms with E-state index >= 15 is 0 Å². The van der Waals surface area contributed by atoms with Crippen LogP contribution in [0.25, 0.3) is 5.57 Å². The molecule has 0 saturated heterocycles. The number of ether oxygens (including phenoxy) is 7. The van der Waals surface area contributed by atoms with Gasteiger partial charge in [0, 0.05) is 40.1 Å². The van der Waals surface area contributed by atoms with Gasteiger partial charge in [-0.2, -0.15) is 75.8 Å². The van der Waals surface area contributed by atoms with Gasteiger partial charge in [0.25, 0.3) is 0 Å². The number of aliphatic hydroxyl groups excluding tert-OH is 1. The van der Waals surface area contributed by atoms with Gasteiger partial charge in [-0.05, 0) is 50.9 Å². The van der Waals surface area contributed by atoms with E-state index in [-0.39, 0.29) is 131 Å². The van der Waals surface area contributed by atoms with E-state index in [1.54, 1.807) is 0 Å². The second-order valence-electron chi connectivity index (χ2n) is 15.8. The van der Waals surface area contributed by atoms with E-state index in [1.807, 2.05) is 19.1 Å². The number of benzene rings is 1. The lowest BCUT2D eigenvalue weighted by molar-refractivity contribution is -0.174. The predicted molar refractivity (Wildman–Crippen MR) is 274 cm³/mol. The van der Waals surface area contributed by atoms with E-state index in [9.17, 15) is 33.9 Å². The number of rotatable bonds is 35. The first kappa shape index (κ1) is 63.7. The average Bonchev–Trinajstić information content (AvgIpc) is 3.27.